The molecule has 0 saturated carbocycles. The van der Waals surface area contributed by atoms with Crippen LogP contribution in [0.15, 0.2) is 48.5 Å². The normalized spacial score (nSPS) is 11.8. The molecule has 0 spiro atoms. The summed E-state index contributed by atoms with van der Waals surface area (Å²) in [6.07, 6.45) is -2.83. The molecule has 0 saturated heterocycles. The van der Waals surface area contributed by atoms with Gasteiger partial charge in [0, 0.05) is 6.07 Å². The van der Waals surface area contributed by atoms with Crippen LogP contribution in [0.1, 0.15) is 42.7 Å². The molecule has 0 bridgehead atoms. The van der Waals surface area contributed by atoms with E-state index < -0.39 is 29.3 Å². The molecule has 0 fully saturated rings. The average molecular weight is 449 g/mol. The number of nitrogens with one attached hydrogen (secondary N) is 2. The molecule has 2 N–H and O–H groups in total. The first-order valence-electron chi connectivity index (χ1n) is 9.55. The molecule has 0 aliphatic rings. The van der Waals surface area contributed by atoms with Gasteiger partial charge in [0.25, 0.3) is 5.69 Å². The fraction of sp³-hybridized carbons (Fsp3) is 0.333. The van der Waals surface area contributed by atoms with Gasteiger partial charge >= 0.3 is 12.2 Å². The van der Waals surface area contributed by atoms with Crippen LogP contribution in [-0.2, 0) is 9.47 Å². The number of nitro benzene ring substituents is 1. The van der Waals surface area contributed by atoms with E-state index in [-0.39, 0.29) is 17.9 Å². The molecular formula is C21H28N3O6P. The third-order valence-electron chi connectivity index (χ3n) is 4.23. The summed E-state index contributed by atoms with van der Waals surface area (Å²) in [4.78, 5) is 34.3. The lowest BCUT2D eigenvalue weighted by Gasteiger charge is -2.17. The largest absolute Gasteiger partial charge is 0.442 e. The van der Waals surface area contributed by atoms with E-state index in [0.717, 1.165) is 11.1 Å². The van der Waals surface area contributed by atoms with Crippen LogP contribution in [-0.4, -0.2) is 30.4 Å². The Morgan fingerprint density at radius 3 is 1.90 bits per heavy atom. The van der Waals surface area contributed by atoms with Crippen LogP contribution >= 0.6 is 9.24 Å². The molecule has 10 heteroatoms. The number of ether oxygens (including phenoxy) is 2. The Balaban J connectivity index is 0.00000233. The molecule has 168 valence electrons. The Bertz CT molecular complexity index is 893. The van der Waals surface area contributed by atoms with E-state index in [9.17, 15) is 19.7 Å². The number of rotatable bonds is 7. The lowest BCUT2D eigenvalue weighted by Crippen LogP contribution is -2.38. The maximum absolute atomic E-state index is 11.9. The summed E-state index contributed by atoms with van der Waals surface area (Å²) in [5, 5.41) is 15.8. The molecule has 3 atom stereocenters. The second-order valence-corrected chi connectivity index (χ2v) is 6.30. The lowest BCUT2D eigenvalue weighted by atomic mass is 10.1. The number of carbonyl (C=O) groups excluding carboxylic acids is 2. The van der Waals surface area contributed by atoms with Crippen molar-refractivity contribution in [2.75, 3.05) is 13.3 Å². The van der Waals surface area contributed by atoms with Gasteiger partial charge in [-0.05, 0) is 38.0 Å². The number of aryl methyl sites for hydroxylation is 1. The van der Waals surface area contributed by atoms with Crippen LogP contribution < -0.4 is 10.6 Å². The second kappa shape index (κ2) is 13.2. The molecule has 9 nitrogen and oxygen atoms in total. The van der Waals surface area contributed by atoms with Crippen LogP contribution in [0.25, 0.3) is 0 Å². The first-order valence-corrected chi connectivity index (χ1v) is 10.7. The van der Waals surface area contributed by atoms with Gasteiger partial charge < -0.3 is 20.1 Å². The molecule has 0 radical (unpaired) electrons. The van der Waals surface area contributed by atoms with Crippen LogP contribution in [0.3, 0.4) is 0 Å². The molecule has 3 unspecified atom stereocenters. The molecule has 0 aliphatic carbocycles. The summed E-state index contributed by atoms with van der Waals surface area (Å²) < 4.78 is 10.4. The summed E-state index contributed by atoms with van der Waals surface area (Å²) in [5.74, 6) is 0. The van der Waals surface area contributed by atoms with Gasteiger partial charge in [0.05, 0.1) is 17.2 Å². The number of nitro groups is 1. The average Bonchev–Trinajstić information content (AvgIpc) is 2.75. The first-order chi connectivity index (χ1) is 14.8. The van der Waals surface area contributed by atoms with Gasteiger partial charge in [0.15, 0.2) is 0 Å². The highest BCUT2D eigenvalue weighted by atomic mass is 31.0. The van der Waals surface area contributed by atoms with Gasteiger partial charge in [-0.3, -0.25) is 10.1 Å². The Hall–Kier alpha value is -3.19. The lowest BCUT2D eigenvalue weighted by molar-refractivity contribution is -0.386. The van der Waals surface area contributed by atoms with Gasteiger partial charge in [0.2, 0.25) is 0 Å². The summed E-state index contributed by atoms with van der Waals surface area (Å²) in [7, 11) is 2.42. The number of amides is 2. The van der Waals surface area contributed by atoms with Crippen LogP contribution in [0.5, 0.6) is 0 Å². The van der Waals surface area contributed by atoms with Crippen LogP contribution in [0.4, 0.5) is 15.3 Å². The number of para-hydroxylation sites is 1. The van der Waals surface area contributed by atoms with E-state index in [0.29, 0.717) is 0 Å². The van der Waals surface area contributed by atoms with Gasteiger partial charge in [0.1, 0.15) is 12.2 Å². The predicted octanol–water partition coefficient (Wildman–Crippen LogP) is 4.63. The Labute approximate surface area is 183 Å². The quantitative estimate of drug-likeness (QED) is 0.275. The van der Waals surface area contributed by atoms with Crippen LogP contribution in [0, 0.1) is 17.0 Å². The maximum Gasteiger partial charge on any atom is 0.409 e. The molecule has 2 rings (SSSR count). The molecule has 2 aromatic rings. The fourth-order valence-electron chi connectivity index (χ4n) is 2.76. The van der Waals surface area contributed by atoms with Crippen molar-refractivity contribution < 1.29 is 24.0 Å². The van der Waals surface area contributed by atoms with Crippen molar-refractivity contribution in [3.8, 4) is 0 Å². The van der Waals surface area contributed by atoms with Crippen LogP contribution in [0.2, 0.25) is 0 Å². The monoisotopic (exact) mass is 449 g/mol. The number of hydrogen-bond donors (Lipinski definition) is 2. The smallest absolute Gasteiger partial charge is 0.409 e. The Kier molecular flexibility index (Phi) is 11.0. The predicted molar refractivity (Wildman–Crippen MR) is 121 cm³/mol. The standard InChI is InChI=1S/C20H23N3O6.CH5P/c1-13-8-4-5-9-16(13)14(2)28-19(24)21-12-22-20(25)29-15(3)17-10-6-7-11-18(17)23(26)27;1-2/h4-11,14-15H,12H2,1-3H3,(H,21,24)(H,22,25);2H2,1H3. The number of alkyl carbamates (subject to hydrolysis) is 2. The molecule has 0 aromatic heterocycles. The van der Waals surface area contributed by atoms with E-state index in [1.54, 1.807) is 13.0 Å². The third-order valence-corrected chi connectivity index (χ3v) is 4.23. The van der Waals surface area contributed by atoms with Crippen molar-refractivity contribution in [1.29, 1.82) is 0 Å². The van der Waals surface area contributed by atoms with Gasteiger partial charge in [-0.2, -0.15) is 0 Å². The Morgan fingerprint density at radius 1 is 0.935 bits per heavy atom. The number of benzene rings is 2. The third kappa shape index (κ3) is 8.22. The van der Waals surface area contributed by atoms with Gasteiger partial charge in [-0.1, -0.05) is 43.1 Å². The summed E-state index contributed by atoms with van der Waals surface area (Å²) in [6, 6.07) is 13.5. The van der Waals surface area contributed by atoms with E-state index >= 15 is 0 Å². The SMILES string of the molecule is CP.Cc1ccccc1C(C)OC(=O)NCNC(=O)OC(C)c1ccccc1[N+](=O)[O-]. The number of carbonyl (C=O) groups is 2. The highest BCUT2D eigenvalue weighted by Gasteiger charge is 2.21. The molecule has 2 amide bonds. The highest BCUT2D eigenvalue weighted by Crippen LogP contribution is 2.26. The van der Waals surface area contributed by atoms with E-state index in [1.165, 1.54) is 25.1 Å². The van der Waals surface area contributed by atoms with E-state index in [1.807, 2.05) is 37.9 Å². The van der Waals surface area contributed by atoms with E-state index in [2.05, 4.69) is 19.9 Å². The number of nitrogens with zero attached hydrogens (tertiary/aromatic N) is 1. The maximum atomic E-state index is 11.9. The molecular weight excluding hydrogens is 421 g/mol. The zero-order valence-corrected chi connectivity index (χ0v) is 19.1. The van der Waals surface area contributed by atoms with Crippen molar-refractivity contribution in [1.82, 2.24) is 10.6 Å². The second-order valence-electron chi connectivity index (χ2n) is 6.30. The van der Waals surface area contributed by atoms with Crippen molar-refractivity contribution in [2.45, 2.75) is 33.0 Å². The summed E-state index contributed by atoms with van der Waals surface area (Å²) in [5.41, 5.74) is 2.01. The Morgan fingerprint density at radius 2 is 1.39 bits per heavy atom. The molecule has 0 aliphatic heterocycles. The fourth-order valence-corrected chi connectivity index (χ4v) is 2.76. The first kappa shape index (κ1) is 25.8. The van der Waals surface area contributed by atoms with Gasteiger partial charge in [-0.15, -0.1) is 9.24 Å². The minimum atomic E-state index is -0.843. The van der Waals surface area contributed by atoms with Gasteiger partial charge in [-0.25, -0.2) is 9.59 Å². The molecule has 0 heterocycles. The molecule has 31 heavy (non-hydrogen) atoms. The van der Waals surface area contributed by atoms with Crippen molar-refractivity contribution in [3.05, 3.63) is 75.3 Å². The van der Waals surface area contributed by atoms with Crippen molar-refractivity contribution in [3.63, 3.8) is 0 Å². The van der Waals surface area contributed by atoms with Crippen molar-refractivity contribution in [2.24, 2.45) is 0 Å². The zero-order valence-electron chi connectivity index (χ0n) is 18.0. The van der Waals surface area contributed by atoms with E-state index in [4.69, 9.17) is 9.47 Å². The van der Waals surface area contributed by atoms with Crippen molar-refractivity contribution >= 4 is 27.1 Å². The molecule has 2 aromatic carbocycles. The minimum absolute atomic E-state index is 0.139. The zero-order chi connectivity index (χ0) is 23.4. The topological polar surface area (TPSA) is 120 Å². The number of hydrogen-bond acceptors (Lipinski definition) is 6. The highest BCUT2D eigenvalue weighted by molar-refractivity contribution is 7.15. The summed E-state index contributed by atoms with van der Waals surface area (Å²) in [6.45, 7) is 6.89. The minimum Gasteiger partial charge on any atom is -0.442 e. The summed E-state index contributed by atoms with van der Waals surface area (Å²) >= 11 is 0.